The van der Waals surface area contributed by atoms with E-state index in [0.717, 1.165) is 8.39 Å². The standard InChI is InChI=1S/C19H16N7O3S/c1-25(2)30(28,29)26-11-14(17(24-26)16-5-3-4-8-21-16)12-6-7-15-13(9-12)10-22-19(23-15)18(20)27/h3-9,11H,1-2H3,(H2,20,27). The third-order valence-corrected chi connectivity index (χ3v) is 5.92. The number of pyridine rings is 1. The van der Waals surface area contributed by atoms with E-state index in [-0.39, 0.29) is 5.82 Å². The number of amides is 1. The first kappa shape index (κ1) is 19.6. The van der Waals surface area contributed by atoms with Crippen LogP contribution in [0.15, 0.2) is 48.8 Å². The van der Waals surface area contributed by atoms with Crippen LogP contribution in [0, 0.1) is 6.20 Å². The number of primary amides is 1. The molecule has 3 heterocycles. The van der Waals surface area contributed by atoms with Crippen molar-refractivity contribution in [3.63, 3.8) is 0 Å². The Morgan fingerprint density at radius 3 is 2.67 bits per heavy atom. The maximum Gasteiger partial charge on any atom is 0.322 e. The van der Waals surface area contributed by atoms with E-state index in [1.54, 1.807) is 42.6 Å². The monoisotopic (exact) mass is 422 g/mol. The molecule has 151 valence electrons. The number of nitrogens with zero attached hydrogens (tertiary/aromatic N) is 6. The van der Waals surface area contributed by atoms with Crippen LogP contribution >= 0.6 is 0 Å². The van der Waals surface area contributed by atoms with Gasteiger partial charge in [-0.2, -0.15) is 21.9 Å². The molecule has 10 nitrogen and oxygen atoms in total. The van der Waals surface area contributed by atoms with Crippen LogP contribution in [-0.4, -0.2) is 56.9 Å². The second-order valence-electron chi connectivity index (χ2n) is 6.52. The van der Waals surface area contributed by atoms with Crippen molar-refractivity contribution in [2.24, 2.45) is 5.73 Å². The van der Waals surface area contributed by atoms with Crippen LogP contribution in [-0.2, 0) is 10.2 Å². The normalized spacial score (nSPS) is 11.8. The molecule has 4 aromatic rings. The molecule has 11 heteroatoms. The van der Waals surface area contributed by atoms with Gasteiger partial charge in [0.05, 0.1) is 17.4 Å². The Balaban J connectivity index is 1.92. The summed E-state index contributed by atoms with van der Waals surface area (Å²) in [7, 11) is -0.972. The first-order chi connectivity index (χ1) is 14.3. The topological polar surface area (TPSA) is 137 Å². The highest BCUT2D eigenvalue weighted by Crippen LogP contribution is 2.32. The Kier molecular flexibility index (Phi) is 4.76. The van der Waals surface area contributed by atoms with Crippen LogP contribution in [0.5, 0.6) is 0 Å². The molecule has 0 aliphatic carbocycles. The highest BCUT2D eigenvalue weighted by atomic mass is 32.2. The second-order valence-corrected chi connectivity index (χ2v) is 8.52. The molecule has 0 saturated carbocycles. The summed E-state index contributed by atoms with van der Waals surface area (Å²) in [4.78, 5) is 23.5. The van der Waals surface area contributed by atoms with Gasteiger partial charge >= 0.3 is 10.2 Å². The van der Waals surface area contributed by atoms with Crippen LogP contribution < -0.4 is 5.73 Å². The summed E-state index contributed by atoms with van der Waals surface area (Å²) < 4.78 is 27.2. The smallest absolute Gasteiger partial charge is 0.322 e. The quantitative estimate of drug-likeness (QED) is 0.508. The molecule has 0 unspecified atom stereocenters. The molecule has 0 aliphatic rings. The molecule has 4 rings (SSSR count). The SMILES string of the molecule is CN(C)S(=O)(=O)n1cc(-c2ccc3nc(C(N)=O)n[c]c3c2)c(-c2ccccn2)n1. The Hall–Kier alpha value is -3.70. The third kappa shape index (κ3) is 3.40. The first-order valence-electron chi connectivity index (χ1n) is 8.71. The van der Waals surface area contributed by atoms with Gasteiger partial charge in [-0.25, -0.2) is 9.97 Å². The van der Waals surface area contributed by atoms with E-state index >= 15 is 0 Å². The number of fused-ring (bicyclic) bond motifs is 1. The van der Waals surface area contributed by atoms with Crippen molar-refractivity contribution < 1.29 is 13.2 Å². The molecule has 0 aliphatic heterocycles. The number of carbonyl (C=O) groups is 1. The fourth-order valence-electron chi connectivity index (χ4n) is 2.79. The number of hydrogen-bond acceptors (Lipinski definition) is 7. The average molecular weight is 422 g/mol. The highest BCUT2D eigenvalue weighted by Gasteiger charge is 2.23. The summed E-state index contributed by atoms with van der Waals surface area (Å²) in [6.45, 7) is 0. The van der Waals surface area contributed by atoms with E-state index in [9.17, 15) is 13.2 Å². The number of rotatable bonds is 5. The molecule has 0 atom stereocenters. The highest BCUT2D eigenvalue weighted by molar-refractivity contribution is 7.87. The van der Waals surface area contributed by atoms with E-state index in [4.69, 9.17) is 5.73 Å². The van der Waals surface area contributed by atoms with Crippen molar-refractivity contribution in [2.45, 2.75) is 0 Å². The molecule has 0 spiro atoms. The van der Waals surface area contributed by atoms with Gasteiger partial charge in [-0.3, -0.25) is 9.78 Å². The van der Waals surface area contributed by atoms with E-state index in [2.05, 4.69) is 26.2 Å². The van der Waals surface area contributed by atoms with Gasteiger partial charge in [-0.15, -0.1) is 0 Å². The van der Waals surface area contributed by atoms with E-state index < -0.39 is 16.1 Å². The van der Waals surface area contributed by atoms with Gasteiger partial charge in [0, 0.05) is 31.2 Å². The summed E-state index contributed by atoms with van der Waals surface area (Å²) in [5, 5.41) is 4.82. The lowest BCUT2D eigenvalue weighted by atomic mass is 10.0. The number of nitrogens with two attached hydrogens (primary N) is 1. The molecule has 3 aromatic heterocycles. The Morgan fingerprint density at radius 2 is 2.00 bits per heavy atom. The van der Waals surface area contributed by atoms with Crippen LogP contribution in [0.25, 0.3) is 33.4 Å². The predicted molar refractivity (Wildman–Crippen MR) is 109 cm³/mol. The third-order valence-electron chi connectivity index (χ3n) is 4.34. The number of aromatic nitrogens is 5. The van der Waals surface area contributed by atoms with E-state index in [1.165, 1.54) is 20.3 Å². The van der Waals surface area contributed by atoms with Crippen molar-refractivity contribution in [2.75, 3.05) is 14.1 Å². The van der Waals surface area contributed by atoms with E-state index in [0.29, 0.717) is 33.4 Å². The lowest BCUT2D eigenvalue weighted by molar-refractivity contribution is 0.0990. The fourth-order valence-corrected chi connectivity index (χ4v) is 3.55. The van der Waals surface area contributed by atoms with Gasteiger partial charge in [0.1, 0.15) is 11.9 Å². The van der Waals surface area contributed by atoms with Gasteiger partial charge in [0.15, 0.2) is 0 Å². The first-order valence-corrected chi connectivity index (χ1v) is 10.1. The van der Waals surface area contributed by atoms with Crippen LogP contribution in [0.3, 0.4) is 0 Å². The maximum atomic E-state index is 12.6. The minimum absolute atomic E-state index is 0.130. The number of benzene rings is 1. The van der Waals surface area contributed by atoms with Crippen molar-refractivity contribution >= 4 is 27.0 Å². The minimum Gasteiger partial charge on any atom is -0.363 e. The molecule has 0 fully saturated rings. The minimum atomic E-state index is -3.82. The van der Waals surface area contributed by atoms with Gasteiger partial charge in [0.25, 0.3) is 5.91 Å². The van der Waals surface area contributed by atoms with E-state index in [1.807, 2.05) is 0 Å². The Labute approximate surface area is 172 Å². The molecule has 1 radical (unpaired) electrons. The molecular formula is C19H16N7O3S. The van der Waals surface area contributed by atoms with Crippen LogP contribution in [0.4, 0.5) is 0 Å². The molecule has 1 amide bonds. The maximum absolute atomic E-state index is 12.6. The van der Waals surface area contributed by atoms with Gasteiger partial charge in [0.2, 0.25) is 5.82 Å². The largest absolute Gasteiger partial charge is 0.363 e. The summed E-state index contributed by atoms with van der Waals surface area (Å²) in [6, 6.07) is 10.4. The summed E-state index contributed by atoms with van der Waals surface area (Å²) in [6.07, 6.45) is 5.78. The zero-order valence-electron chi connectivity index (χ0n) is 16.0. The summed E-state index contributed by atoms with van der Waals surface area (Å²) in [5.41, 5.74) is 7.82. The predicted octanol–water partition coefficient (Wildman–Crippen LogP) is 1.11. The second kappa shape index (κ2) is 7.28. The molecule has 30 heavy (non-hydrogen) atoms. The lowest BCUT2D eigenvalue weighted by Crippen LogP contribution is -2.29. The van der Waals surface area contributed by atoms with Gasteiger partial charge in [-0.05, 0) is 29.8 Å². The van der Waals surface area contributed by atoms with Gasteiger partial charge < -0.3 is 5.73 Å². The summed E-state index contributed by atoms with van der Waals surface area (Å²) in [5.74, 6) is -0.876. The van der Waals surface area contributed by atoms with Crippen LogP contribution in [0.2, 0.25) is 0 Å². The Morgan fingerprint density at radius 1 is 1.20 bits per heavy atom. The molecule has 0 saturated heterocycles. The van der Waals surface area contributed by atoms with Crippen molar-refractivity contribution in [3.8, 4) is 22.5 Å². The van der Waals surface area contributed by atoms with Crippen molar-refractivity contribution in [1.29, 1.82) is 0 Å². The molecule has 0 bridgehead atoms. The number of hydrogen-bond donors (Lipinski definition) is 1. The Bertz CT molecular complexity index is 1370. The molecular weight excluding hydrogens is 406 g/mol. The molecule has 1 aromatic carbocycles. The lowest BCUT2D eigenvalue weighted by Gasteiger charge is -2.10. The summed E-state index contributed by atoms with van der Waals surface area (Å²) >= 11 is 0. The van der Waals surface area contributed by atoms with Crippen LogP contribution in [0.1, 0.15) is 10.6 Å². The van der Waals surface area contributed by atoms with Crippen molar-refractivity contribution in [3.05, 3.63) is 60.8 Å². The fraction of sp³-hybridized carbons (Fsp3) is 0.105. The zero-order chi connectivity index (χ0) is 21.5. The average Bonchev–Trinajstić information content (AvgIpc) is 3.19. The number of carbonyl (C=O) groups excluding carboxylic acids is 1. The van der Waals surface area contributed by atoms with Crippen molar-refractivity contribution in [1.82, 2.24) is 28.4 Å². The molecule has 2 N–H and O–H groups in total. The van der Waals surface area contributed by atoms with Gasteiger partial charge in [-0.1, -0.05) is 12.1 Å². The zero-order valence-corrected chi connectivity index (χ0v) is 16.8.